The molecule has 0 saturated carbocycles. The molecule has 0 radical (unpaired) electrons. The molecular weight excluding hydrogens is 252 g/mol. The van der Waals surface area contributed by atoms with Crippen LogP contribution in [0.4, 0.5) is 0 Å². The van der Waals surface area contributed by atoms with Crippen molar-refractivity contribution in [1.29, 1.82) is 0 Å². The maximum atomic E-state index is 10.8. The number of carbonyl (C=O) groups excluding carboxylic acids is 1. The number of hydrogen-bond acceptors (Lipinski definition) is 3. The molecule has 1 aromatic heterocycles. The Morgan fingerprint density at radius 1 is 1.54 bits per heavy atom. The van der Waals surface area contributed by atoms with Crippen LogP contribution in [0.25, 0.3) is 10.1 Å². The number of hydrogen-bond donors (Lipinski definition) is 1. The van der Waals surface area contributed by atoms with Crippen LogP contribution in [0.5, 0.6) is 5.75 Å². The molecule has 0 aliphatic carbocycles. The average molecular weight is 257 g/mol. The molecule has 2 aromatic rings. The number of halogens is 1. The van der Waals surface area contributed by atoms with Crippen LogP contribution >= 0.6 is 27.3 Å². The van der Waals surface area contributed by atoms with E-state index in [9.17, 15) is 9.90 Å². The molecule has 2 nitrogen and oxygen atoms in total. The lowest BCUT2D eigenvalue weighted by atomic mass is 10.2. The summed E-state index contributed by atoms with van der Waals surface area (Å²) in [4.78, 5) is 10.8. The van der Waals surface area contributed by atoms with Crippen molar-refractivity contribution >= 4 is 43.6 Å². The number of benzene rings is 1. The third-order valence-corrected chi connectivity index (χ3v) is 3.61. The van der Waals surface area contributed by atoms with Gasteiger partial charge in [-0.25, -0.2) is 0 Å². The van der Waals surface area contributed by atoms with E-state index < -0.39 is 0 Å². The largest absolute Gasteiger partial charge is 0.507 e. The second-order valence-corrected chi connectivity index (χ2v) is 4.29. The van der Waals surface area contributed by atoms with E-state index in [1.54, 1.807) is 6.07 Å². The van der Waals surface area contributed by atoms with Gasteiger partial charge in [-0.2, -0.15) is 0 Å². The third-order valence-electron chi connectivity index (χ3n) is 1.81. The molecule has 4 heteroatoms. The van der Waals surface area contributed by atoms with Crippen LogP contribution in [0.1, 0.15) is 10.4 Å². The highest BCUT2D eigenvalue weighted by molar-refractivity contribution is 9.10. The fraction of sp³-hybridized carbons (Fsp3) is 0. The minimum atomic E-state index is 0.105. The van der Waals surface area contributed by atoms with Gasteiger partial charge in [0.15, 0.2) is 6.29 Å². The zero-order chi connectivity index (χ0) is 9.42. The zero-order valence-electron chi connectivity index (χ0n) is 6.45. The molecule has 66 valence electrons. The standard InChI is InChI=1S/C9H5BrO2S/c10-8-6(4-11)9-5(1-2-13-9)3-7(8)12/h1-4,12H. The summed E-state index contributed by atoms with van der Waals surface area (Å²) in [5.41, 5.74) is 0.519. The van der Waals surface area contributed by atoms with Gasteiger partial charge >= 0.3 is 0 Å². The first-order chi connectivity index (χ1) is 6.24. The Hall–Kier alpha value is -0.870. The highest BCUT2D eigenvalue weighted by atomic mass is 79.9. The van der Waals surface area contributed by atoms with Gasteiger partial charge < -0.3 is 5.11 Å². The first-order valence-electron chi connectivity index (χ1n) is 3.58. The van der Waals surface area contributed by atoms with Crippen LogP contribution < -0.4 is 0 Å². The zero-order valence-corrected chi connectivity index (χ0v) is 8.85. The molecule has 13 heavy (non-hydrogen) atoms. The molecule has 0 bridgehead atoms. The summed E-state index contributed by atoms with van der Waals surface area (Å²) < 4.78 is 1.37. The number of rotatable bonds is 1. The molecule has 0 saturated heterocycles. The lowest BCUT2D eigenvalue weighted by Crippen LogP contribution is -1.82. The van der Waals surface area contributed by atoms with Crippen LogP contribution in [0, 0.1) is 0 Å². The number of phenolic OH excluding ortho intramolecular Hbond substituents is 1. The van der Waals surface area contributed by atoms with Crippen molar-refractivity contribution < 1.29 is 9.90 Å². The Bertz CT molecular complexity index is 476. The van der Waals surface area contributed by atoms with Gasteiger partial charge in [0, 0.05) is 4.70 Å². The lowest BCUT2D eigenvalue weighted by Gasteiger charge is -2.01. The Morgan fingerprint density at radius 3 is 3.00 bits per heavy atom. The van der Waals surface area contributed by atoms with E-state index in [2.05, 4.69) is 15.9 Å². The topological polar surface area (TPSA) is 37.3 Å². The average Bonchev–Trinajstić information content (AvgIpc) is 2.54. The van der Waals surface area contributed by atoms with Gasteiger partial charge in [0.1, 0.15) is 5.75 Å². The lowest BCUT2D eigenvalue weighted by molar-refractivity contribution is 0.112. The summed E-state index contributed by atoms with van der Waals surface area (Å²) in [5.74, 6) is 0.105. The van der Waals surface area contributed by atoms with E-state index in [0.29, 0.717) is 10.0 Å². The van der Waals surface area contributed by atoms with Crippen LogP contribution in [0.3, 0.4) is 0 Å². The van der Waals surface area contributed by atoms with Crippen LogP contribution in [-0.2, 0) is 0 Å². The fourth-order valence-corrected chi connectivity index (χ4v) is 2.63. The van der Waals surface area contributed by atoms with Crippen molar-refractivity contribution in [3.05, 3.63) is 27.5 Å². The van der Waals surface area contributed by atoms with Crippen molar-refractivity contribution in [2.24, 2.45) is 0 Å². The van der Waals surface area contributed by atoms with Crippen LogP contribution in [0.15, 0.2) is 22.0 Å². The predicted octanol–water partition coefficient (Wildman–Crippen LogP) is 3.18. The minimum Gasteiger partial charge on any atom is -0.507 e. The highest BCUT2D eigenvalue weighted by Gasteiger charge is 2.10. The third kappa shape index (κ3) is 1.26. The summed E-state index contributed by atoms with van der Waals surface area (Å²) in [5, 5.41) is 12.2. The number of aldehydes is 1. The quantitative estimate of drug-likeness (QED) is 0.796. The number of phenols is 1. The Labute approximate surface area is 86.9 Å². The van der Waals surface area contributed by atoms with E-state index in [4.69, 9.17) is 0 Å². The minimum absolute atomic E-state index is 0.105. The summed E-state index contributed by atoms with van der Waals surface area (Å²) in [6, 6.07) is 3.52. The molecule has 0 spiro atoms. The molecule has 1 heterocycles. The van der Waals surface area contributed by atoms with Gasteiger partial charge in [0.2, 0.25) is 0 Å². The molecular formula is C9H5BrO2S. The normalized spacial score (nSPS) is 10.5. The second kappa shape index (κ2) is 3.12. The van der Waals surface area contributed by atoms with Crippen molar-refractivity contribution in [1.82, 2.24) is 0 Å². The highest BCUT2D eigenvalue weighted by Crippen LogP contribution is 2.35. The van der Waals surface area contributed by atoms with Gasteiger partial charge in [-0.1, -0.05) is 0 Å². The van der Waals surface area contributed by atoms with Crippen molar-refractivity contribution in [2.75, 3.05) is 0 Å². The summed E-state index contributed by atoms with van der Waals surface area (Å²) in [6.07, 6.45) is 0.753. The van der Waals surface area contributed by atoms with Gasteiger partial charge in [-0.3, -0.25) is 4.79 Å². The summed E-state index contributed by atoms with van der Waals surface area (Å²) in [6.45, 7) is 0. The van der Waals surface area contributed by atoms with Crippen molar-refractivity contribution in [3.63, 3.8) is 0 Å². The Kier molecular flexibility index (Phi) is 2.09. The van der Waals surface area contributed by atoms with E-state index in [-0.39, 0.29) is 5.75 Å². The van der Waals surface area contributed by atoms with Gasteiger partial charge in [0.25, 0.3) is 0 Å². The molecule has 0 atom stereocenters. The molecule has 0 aliphatic heterocycles. The van der Waals surface area contributed by atoms with E-state index >= 15 is 0 Å². The summed E-state index contributed by atoms with van der Waals surface area (Å²) in [7, 11) is 0. The summed E-state index contributed by atoms with van der Waals surface area (Å²) >= 11 is 4.66. The van der Waals surface area contributed by atoms with Gasteiger partial charge in [-0.05, 0) is 38.8 Å². The molecule has 0 fully saturated rings. The predicted molar refractivity (Wildman–Crippen MR) is 56.6 cm³/mol. The smallest absolute Gasteiger partial charge is 0.152 e. The van der Waals surface area contributed by atoms with Crippen molar-refractivity contribution in [3.8, 4) is 5.75 Å². The molecule has 0 unspecified atom stereocenters. The second-order valence-electron chi connectivity index (χ2n) is 2.58. The first-order valence-corrected chi connectivity index (χ1v) is 5.25. The maximum absolute atomic E-state index is 10.8. The van der Waals surface area contributed by atoms with Crippen LogP contribution in [-0.4, -0.2) is 11.4 Å². The molecule has 1 aromatic carbocycles. The van der Waals surface area contributed by atoms with E-state index in [1.165, 1.54) is 11.3 Å². The monoisotopic (exact) mass is 256 g/mol. The molecule has 2 rings (SSSR count). The fourth-order valence-electron chi connectivity index (χ4n) is 1.21. The Balaban J connectivity index is 2.95. The SMILES string of the molecule is O=Cc1c(Br)c(O)cc2ccsc12. The first kappa shape index (κ1) is 8.72. The van der Waals surface area contributed by atoms with Gasteiger partial charge in [-0.15, -0.1) is 11.3 Å². The van der Waals surface area contributed by atoms with Gasteiger partial charge in [0.05, 0.1) is 10.0 Å². The number of thiophene rings is 1. The molecule has 0 amide bonds. The number of carbonyl (C=O) groups is 1. The number of fused-ring (bicyclic) bond motifs is 1. The molecule has 1 N–H and O–H groups in total. The van der Waals surface area contributed by atoms with E-state index in [1.807, 2.05) is 11.4 Å². The maximum Gasteiger partial charge on any atom is 0.152 e. The van der Waals surface area contributed by atoms with E-state index in [0.717, 1.165) is 16.4 Å². The molecule has 0 aliphatic rings. The Morgan fingerprint density at radius 2 is 2.31 bits per heavy atom. The van der Waals surface area contributed by atoms with Crippen LogP contribution in [0.2, 0.25) is 0 Å². The van der Waals surface area contributed by atoms with Crippen molar-refractivity contribution in [2.45, 2.75) is 0 Å². The number of aromatic hydroxyl groups is 1.